The van der Waals surface area contributed by atoms with E-state index in [-0.39, 0.29) is 11.9 Å². The minimum Gasteiger partial charge on any atom is -0.354 e. The molecule has 0 saturated carbocycles. The zero-order chi connectivity index (χ0) is 15.2. The number of nitrogens with one attached hydrogen (secondary N) is 2. The van der Waals surface area contributed by atoms with E-state index in [4.69, 9.17) is 0 Å². The monoisotopic (exact) mass is 353 g/mol. The van der Waals surface area contributed by atoms with Gasteiger partial charge < -0.3 is 10.6 Å². The highest BCUT2D eigenvalue weighted by molar-refractivity contribution is 9.10. The first-order valence-electron chi connectivity index (χ1n) is 7.07. The van der Waals surface area contributed by atoms with Crippen LogP contribution in [0.1, 0.15) is 32.4 Å². The van der Waals surface area contributed by atoms with Crippen molar-refractivity contribution in [1.82, 2.24) is 25.0 Å². The van der Waals surface area contributed by atoms with Gasteiger partial charge in [-0.15, -0.1) is 0 Å². The second-order valence-corrected chi connectivity index (χ2v) is 5.80. The Balaban J connectivity index is 1.80. The van der Waals surface area contributed by atoms with Crippen LogP contribution in [0.15, 0.2) is 23.2 Å². The predicted octanol–water partition coefficient (Wildman–Crippen LogP) is 1.89. The van der Waals surface area contributed by atoms with Crippen molar-refractivity contribution in [3.63, 3.8) is 0 Å². The van der Waals surface area contributed by atoms with E-state index < -0.39 is 0 Å². The Morgan fingerprint density at radius 2 is 2.24 bits per heavy atom. The minimum atomic E-state index is 0.0851. The smallest absolute Gasteiger partial charge is 0.221 e. The van der Waals surface area contributed by atoms with Gasteiger partial charge in [0, 0.05) is 31.7 Å². The van der Waals surface area contributed by atoms with Crippen LogP contribution in [0.5, 0.6) is 0 Å². The summed E-state index contributed by atoms with van der Waals surface area (Å²) in [5.74, 6) is 0.0851. The molecule has 0 aromatic carbocycles. The zero-order valence-electron chi connectivity index (χ0n) is 12.3. The lowest BCUT2D eigenvalue weighted by atomic mass is 10.2. The predicted molar refractivity (Wildman–Crippen MR) is 84.9 cm³/mol. The molecule has 2 aromatic heterocycles. The molecule has 2 rings (SSSR count). The van der Waals surface area contributed by atoms with Gasteiger partial charge in [0.05, 0.1) is 18.1 Å². The van der Waals surface area contributed by atoms with E-state index in [2.05, 4.69) is 43.5 Å². The summed E-state index contributed by atoms with van der Waals surface area (Å²) in [4.78, 5) is 20.1. The van der Waals surface area contributed by atoms with Gasteiger partial charge in [0.1, 0.15) is 4.60 Å². The topological polar surface area (TPSA) is 71.3 Å². The van der Waals surface area contributed by atoms with Crippen molar-refractivity contribution in [2.75, 3.05) is 6.54 Å². The number of halogens is 1. The van der Waals surface area contributed by atoms with Crippen LogP contribution < -0.4 is 10.6 Å². The molecule has 2 N–H and O–H groups in total. The van der Waals surface area contributed by atoms with Gasteiger partial charge in [0.25, 0.3) is 0 Å². The van der Waals surface area contributed by atoms with Gasteiger partial charge in [0.2, 0.25) is 5.91 Å². The molecule has 6 nitrogen and oxygen atoms in total. The van der Waals surface area contributed by atoms with Crippen LogP contribution in [0.25, 0.3) is 5.65 Å². The molecule has 0 fully saturated rings. The quantitative estimate of drug-likeness (QED) is 0.745. The molecule has 2 heterocycles. The van der Waals surface area contributed by atoms with Crippen molar-refractivity contribution in [2.24, 2.45) is 0 Å². The molecule has 0 saturated heterocycles. The maximum Gasteiger partial charge on any atom is 0.221 e. The second-order valence-electron chi connectivity index (χ2n) is 4.99. The van der Waals surface area contributed by atoms with Gasteiger partial charge in [-0.1, -0.05) is 6.92 Å². The highest BCUT2D eigenvalue weighted by atomic mass is 79.9. The van der Waals surface area contributed by atoms with Crippen LogP contribution in [0.2, 0.25) is 0 Å². The van der Waals surface area contributed by atoms with Crippen LogP contribution in [0.4, 0.5) is 0 Å². The molecular formula is C14H20BrN5O. The molecule has 2 aromatic rings. The molecule has 7 heteroatoms. The Morgan fingerprint density at radius 1 is 1.43 bits per heavy atom. The summed E-state index contributed by atoms with van der Waals surface area (Å²) in [6, 6.07) is 0.237. The fourth-order valence-corrected chi connectivity index (χ4v) is 2.22. The van der Waals surface area contributed by atoms with Gasteiger partial charge in [0.15, 0.2) is 5.65 Å². The number of imidazole rings is 1. The van der Waals surface area contributed by atoms with E-state index in [9.17, 15) is 4.79 Å². The molecule has 1 amide bonds. The first kappa shape index (κ1) is 15.9. The summed E-state index contributed by atoms with van der Waals surface area (Å²) in [6.07, 6.45) is 6.84. The highest BCUT2D eigenvalue weighted by Crippen LogP contribution is 2.10. The van der Waals surface area contributed by atoms with Crippen LogP contribution in [-0.4, -0.2) is 32.9 Å². The zero-order valence-corrected chi connectivity index (χ0v) is 13.9. The number of rotatable bonds is 7. The average molecular weight is 354 g/mol. The minimum absolute atomic E-state index is 0.0851. The Morgan fingerprint density at radius 3 is 3.00 bits per heavy atom. The molecule has 0 aliphatic carbocycles. The van der Waals surface area contributed by atoms with Gasteiger partial charge in [-0.3, -0.25) is 9.20 Å². The lowest BCUT2D eigenvalue weighted by molar-refractivity contribution is -0.121. The first-order valence-corrected chi connectivity index (χ1v) is 7.87. The van der Waals surface area contributed by atoms with Crippen LogP contribution in [-0.2, 0) is 11.3 Å². The van der Waals surface area contributed by atoms with Crippen molar-refractivity contribution in [3.8, 4) is 0 Å². The summed E-state index contributed by atoms with van der Waals surface area (Å²) in [5, 5.41) is 6.21. The molecule has 21 heavy (non-hydrogen) atoms. The van der Waals surface area contributed by atoms with Crippen molar-refractivity contribution in [3.05, 3.63) is 28.9 Å². The Hall–Kier alpha value is -1.47. The van der Waals surface area contributed by atoms with Crippen molar-refractivity contribution >= 4 is 27.5 Å². The number of hydrogen-bond donors (Lipinski definition) is 2. The van der Waals surface area contributed by atoms with Crippen molar-refractivity contribution in [1.29, 1.82) is 0 Å². The maximum absolute atomic E-state index is 11.6. The van der Waals surface area contributed by atoms with Gasteiger partial charge >= 0.3 is 0 Å². The van der Waals surface area contributed by atoms with E-state index in [0.29, 0.717) is 19.5 Å². The van der Waals surface area contributed by atoms with Crippen LogP contribution in [0, 0.1) is 0 Å². The molecule has 0 aliphatic heterocycles. The Bertz CT molecular complexity index is 612. The summed E-state index contributed by atoms with van der Waals surface area (Å²) >= 11 is 3.35. The number of carbonyl (C=O) groups excluding carboxylic acids is 1. The van der Waals surface area contributed by atoms with Gasteiger partial charge in [-0.25, -0.2) is 9.97 Å². The second kappa shape index (κ2) is 7.51. The van der Waals surface area contributed by atoms with E-state index in [0.717, 1.165) is 22.4 Å². The Kier molecular flexibility index (Phi) is 5.69. The summed E-state index contributed by atoms with van der Waals surface area (Å²) in [5.41, 5.74) is 1.85. The molecule has 0 radical (unpaired) electrons. The molecule has 114 valence electrons. The number of amides is 1. The van der Waals surface area contributed by atoms with E-state index >= 15 is 0 Å². The summed E-state index contributed by atoms with van der Waals surface area (Å²) in [6.45, 7) is 5.37. The number of hydrogen-bond acceptors (Lipinski definition) is 4. The number of nitrogens with zero attached hydrogens (tertiary/aromatic N) is 3. The van der Waals surface area contributed by atoms with Crippen LogP contribution >= 0.6 is 15.9 Å². The number of aromatic nitrogens is 3. The van der Waals surface area contributed by atoms with Crippen molar-refractivity contribution in [2.45, 2.75) is 39.3 Å². The fraction of sp³-hybridized carbons (Fsp3) is 0.500. The molecule has 1 atom stereocenters. The van der Waals surface area contributed by atoms with Crippen molar-refractivity contribution < 1.29 is 4.79 Å². The third-order valence-electron chi connectivity index (χ3n) is 3.30. The third kappa shape index (κ3) is 4.50. The normalized spacial score (nSPS) is 12.5. The lowest BCUT2D eigenvalue weighted by Crippen LogP contribution is -2.33. The Labute approximate surface area is 132 Å². The average Bonchev–Trinajstić information content (AvgIpc) is 2.85. The summed E-state index contributed by atoms with van der Waals surface area (Å²) < 4.78 is 2.74. The molecule has 0 bridgehead atoms. The van der Waals surface area contributed by atoms with E-state index in [1.807, 2.05) is 23.7 Å². The fourth-order valence-electron chi connectivity index (χ4n) is 1.91. The van der Waals surface area contributed by atoms with E-state index in [1.54, 1.807) is 6.20 Å². The molecule has 0 aliphatic rings. The number of carbonyl (C=O) groups is 1. The largest absolute Gasteiger partial charge is 0.354 e. The highest BCUT2D eigenvalue weighted by Gasteiger charge is 2.06. The maximum atomic E-state index is 11.6. The standard InChI is InChI=1S/C14H20BrN5O/c1-3-10(2)19-14(21)4-5-16-6-11-7-18-13-8-17-12(15)9-20(11)13/h7-10,16H,3-6H2,1-2H3,(H,19,21). The van der Waals surface area contributed by atoms with E-state index in [1.165, 1.54) is 0 Å². The third-order valence-corrected chi connectivity index (χ3v) is 3.71. The SMILES string of the molecule is CCC(C)NC(=O)CCNCc1cnc2cnc(Br)cn12. The molecule has 0 spiro atoms. The van der Waals surface area contributed by atoms with Gasteiger partial charge in [-0.05, 0) is 29.3 Å². The number of fused-ring (bicyclic) bond motifs is 1. The lowest BCUT2D eigenvalue weighted by Gasteiger charge is -2.11. The van der Waals surface area contributed by atoms with Gasteiger partial charge in [-0.2, -0.15) is 0 Å². The molecular weight excluding hydrogens is 334 g/mol. The van der Waals surface area contributed by atoms with Crippen LogP contribution in [0.3, 0.4) is 0 Å². The first-order chi connectivity index (χ1) is 10.1. The molecule has 1 unspecified atom stereocenters. The summed E-state index contributed by atoms with van der Waals surface area (Å²) in [7, 11) is 0.